The van der Waals surface area contributed by atoms with Gasteiger partial charge in [0.25, 0.3) is 0 Å². The third kappa shape index (κ3) is 3.09. The molecule has 0 aliphatic carbocycles. The Balaban J connectivity index is 2.98. The van der Waals surface area contributed by atoms with Crippen LogP contribution in [0.3, 0.4) is 0 Å². The molecule has 1 rings (SSSR count). The molecule has 0 fully saturated rings. The van der Waals surface area contributed by atoms with Crippen LogP contribution in [0.2, 0.25) is 0 Å². The second-order valence-electron chi connectivity index (χ2n) is 3.45. The van der Waals surface area contributed by atoms with E-state index in [9.17, 15) is 9.59 Å². The minimum Gasteiger partial charge on any atom is -0.480 e. The van der Waals surface area contributed by atoms with Crippen molar-refractivity contribution in [3.8, 4) is 5.88 Å². The Kier molecular flexibility index (Phi) is 4.47. The number of anilines is 1. The van der Waals surface area contributed by atoms with Gasteiger partial charge in [0, 0.05) is 0 Å². The normalized spacial score (nSPS) is 11.5. The summed E-state index contributed by atoms with van der Waals surface area (Å²) < 4.78 is 9.52. The summed E-state index contributed by atoms with van der Waals surface area (Å²) in [6, 6.07) is 2.13. The zero-order valence-electron chi connectivity index (χ0n) is 10.3. The number of aliphatic carboxylic acids is 1. The van der Waals surface area contributed by atoms with E-state index < -0.39 is 18.0 Å². The fraction of sp³-hybridized carbons (Fsp3) is 0.364. The average molecular weight is 254 g/mol. The summed E-state index contributed by atoms with van der Waals surface area (Å²) in [6.45, 7) is 1.48. The van der Waals surface area contributed by atoms with Crippen LogP contribution in [0.4, 0.5) is 5.82 Å². The lowest BCUT2D eigenvalue weighted by Gasteiger charge is -2.12. The van der Waals surface area contributed by atoms with Crippen LogP contribution in [-0.2, 0) is 9.53 Å². The molecule has 1 heterocycles. The van der Waals surface area contributed by atoms with Gasteiger partial charge in [-0.05, 0) is 19.1 Å². The smallest absolute Gasteiger partial charge is 0.343 e. The SMILES string of the molecule is COC(=O)c1ccc(N[C@@H](C)C(=O)O)nc1OC. The molecule has 7 heteroatoms. The van der Waals surface area contributed by atoms with Gasteiger partial charge < -0.3 is 19.9 Å². The molecule has 0 unspecified atom stereocenters. The molecule has 7 nitrogen and oxygen atoms in total. The first-order chi connectivity index (χ1) is 8.49. The highest BCUT2D eigenvalue weighted by atomic mass is 16.5. The molecule has 18 heavy (non-hydrogen) atoms. The van der Waals surface area contributed by atoms with Crippen molar-refractivity contribution in [3.63, 3.8) is 0 Å². The zero-order valence-corrected chi connectivity index (χ0v) is 10.3. The van der Waals surface area contributed by atoms with Gasteiger partial charge >= 0.3 is 11.9 Å². The quantitative estimate of drug-likeness (QED) is 0.748. The van der Waals surface area contributed by atoms with Crippen LogP contribution in [0.25, 0.3) is 0 Å². The summed E-state index contributed by atoms with van der Waals surface area (Å²) in [7, 11) is 2.61. The van der Waals surface area contributed by atoms with Crippen molar-refractivity contribution in [3.05, 3.63) is 17.7 Å². The van der Waals surface area contributed by atoms with E-state index in [1.807, 2.05) is 0 Å². The highest BCUT2D eigenvalue weighted by Gasteiger charge is 2.16. The lowest BCUT2D eigenvalue weighted by Crippen LogP contribution is -2.26. The van der Waals surface area contributed by atoms with E-state index in [-0.39, 0.29) is 11.4 Å². The maximum Gasteiger partial charge on any atom is 0.343 e. The number of ether oxygens (including phenoxy) is 2. The largest absolute Gasteiger partial charge is 0.480 e. The molecule has 1 aromatic heterocycles. The number of pyridine rings is 1. The van der Waals surface area contributed by atoms with E-state index in [2.05, 4.69) is 15.0 Å². The molecule has 0 aromatic carbocycles. The monoisotopic (exact) mass is 254 g/mol. The van der Waals surface area contributed by atoms with Crippen molar-refractivity contribution in [1.82, 2.24) is 4.98 Å². The van der Waals surface area contributed by atoms with Gasteiger partial charge in [-0.1, -0.05) is 0 Å². The van der Waals surface area contributed by atoms with Gasteiger partial charge in [-0.2, -0.15) is 4.98 Å². The standard InChI is InChI=1S/C11H14N2O5/c1-6(10(14)15)12-8-5-4-7(11(16)18-3)9(13-8)17-2/h4-6H,1-3H3,(H,12,13)(H,14,15)/t6-/m0/s1. The van der Waals surface area contributed by atoms with Crippen molar-refractivity contribution in [1.29, 1.82) is 0 Å². The predicted octanol–water partition coefficient (Wildman–Crippen LogP) is 0.762. The summed E-state index contributed by atoms with van der Waals surface area (Å²) >= 11 is 0. The first-order valence-electron chi connectivity index (χ1n) is 5.12. The first-order valence-corrected chi connectivity index (χ1v) is 5.12. The summed E-state index contributed by atoms with van der Waals surface area (Å²) in [5.41, 5.74) is 0.175. The van der Waals surface area contributed by atoms with Crippen LogP contribution >= 0.6 is 0 Å². The number of carbonyl (C=O) groups excluding carboxylic acids is 1. The van der Waals surface area contributed by atoms with Crippen molar-refractivity contribution < 1.29 is 24.2 Å². The molecule has 0 bridgehead atoms. The number of esters is 1. The Morgan fingerprint density at radius 3 is 2.56 bits per heavy atom. The highest BCUT2D eigenvalue weighted by Crippen LogP contribution is 2.19. The van der Waals surface area contributed by atoms with Gasteiger partial charge in [0.05, 0.1) is 14.2 Å². The number of nitrogens with zero attached hydrogens (tertiary/aromatic N) is 1. The number of rotatable bonds is 5. The molecule has 0 saturated heterocycles. The number of carboxylic acid groups (broad SMARTS) is 1. The van der Waals surface area contributed by atoms with Gasteiger partial charge in [0.15, 0.2) is 0 Å². The van der Waals surface area contributed by atoms with Crippen molar-refractivity contribution in [2.45, 2.75) is 13.0 Å². The van der Waals surface area contributed by atoms with Crippen LogP contribution in [0.1, 0.15) is 17.3 Å². The van der Waals surface area contributed by atoms with Crippen LogP contribution in [0.15, 0.2) is 12.1 Å². The first kappa shape index (κ1) is 13.8. The van der Waals surface area contributed by atoms with Gasteiger partial charge in [-0.3, -0.25) is 4.79 Å². The van der Waals surface area contributed by atoms with Gasteiger partial charge in [0.2, 0.25) is 5.88 Å². The van der Waals surface area contributed by atoms with E-state index in [1.165, 1.54) is 33.3 Å². The Labute approximate surface area is 104 Å². The Hall–Kier alpha value is -2.31. The van der Waals surface area contributed by atoms with Crippen LogP contribution in [-0.4, -0.2) is 42.3 Å². The minimum atomic E-state index is -1.01. The molecule has 2 N–H and O–H groups in total. The number of carboxylic acids is 1. The summed E-state index contributed by atoms with van der Waals surface area (Å²) in [5.74, 6) is -1.20. The van der Waals surface area contributed by atoms with Crippen LogP contribution in [0, 0.1) is 0 Å². The molecule has 0 spiro atoms. The second-order valence-corrected chi connectivity index (χ2v) is 3.45. The summed E-state index contributed by atoms with van der Waals surface area (Å²) in [6.07, 6.45) is 0. The van der Waals surface area contributed by atoms with E-state index in [1.54, 1.807) is 0 Å². The summed E-state index contributed by atoms with van der Waals surface area (Å²) in [4.78, 5) is 26.0. The van der Waals surface area contributed by atoms with E-state index in [0.717, 1.165) is 0 Å². The molecule has 0 aliphatic heterocycles. The predicted molar refractivity (Wildman–Crippen MR) is 62.8 cm³/mol. The maximum absolute atomic E-state index is 11.4. The summed E-state index contributed by atoms with van der Waals surface area (Å²) in [5, 5.41) is 11.4. The number of methoxy groups -OCH3 is 2. The molecular formula is C11H14N2O5. The molecule has 0 amide bonds. The van der Waals surface area contributed by atoms with E-state index >= 15 is 0 Å². The molecule has 0 aliphatic rings. The Morgan fingerprint density at radius 1 is 1.39 bits per heavy atom. The molecular weight excluding hydrogens is 240 g/mol. The highest BCUT2D eigenvalue weighted by molar-refractivity contribution is 5.92. The van der Waals surface area contributed by atoms with Crippen LogP contribution < -0.4 is 10.1 Å². The van der Waals surface area contributed by atoms with Crippen LogP contribution in [0.5, 0.6) is 5.88 Å². The molecule has 1 aromatic rings. The van der Waals surface area contributed by atoms with E-state index in [4.69, 9.17) is 9.84 Å². The maximum atomic E-state index is 11.4. The zero-order chi connectivity index (χ0) is 13.7. The number of nitrogens with one attached hydrogen (secondary N) is 1. The van der Waals surface area contributed by atoms with Crippen molar-refractivity contribution in [2.24, 2.45) is 0 Å². The lowest BCUT2D eigenvalue weighted by atomic mass is 10.2. The van der Waals surface area contributed by atoms with Crippen molar-refractivity contribution in [2.75, 3.05) is 19.5 Å². The van der Waals surface area contributed by atoms with Gasteiger partial charge in [0.1, 0.15) is 17.4 Å². The third-order valence-corrected chi connectivity index (χ3v) is 2.19. The van der Waals surface area contributed by atoms with Gasteiger partial charge in [-0.15, -0.1) is 0 Å². The topological polar surface area (TPSA) is 97.8 Å². The van der Waals surface area contributed by atoms with Crippen molar-refractivity contribution >= 4 is 17.8 Å². The van der Waals surface area contributed by atoms with Gasteiger partial charge in [-0.25, -0.2) is 4.79 Å². The third-order valence-electron chi connectivity index (χ3n) is 2.19. The number of carbonyl (C=O) groups is 2. The second kappa shape index (κ2) is 5.85. The molecule has 1 atom stereocenters. The lowest BCUT2D eigenvalue weighted by molar-refractivity contribution is -0.137. The number of hydrogen-bond acceptors (Lipinski definition) is 6. The fourth-order valence-electron chi connectivity index (χ4n) is 1.23. The molecule has 98 valence electrons. The van der Waals surface area contributed by atoms with E-state index in [0.29, 0.717) is 5.82 Å². The Morgan fingerprint density at radius 2 is 2.06 bits per heavy atom. The Bertz CT molecular complexity index is 461. The minimum absolute atomic E-state index is 0.0736. The molecule has 0 radical (unpaired) electrons. The molecule has 0 saturated carbocycles. The average Bonchev–Trinajstić information content (AvgIpc) is 2.37. The number of hydrogen-bond donors (Lipinski definition) is 2. The number of aromatic nitrogens is 1. The fourth-order valence-corrected chi connectivity index (χ4v) is 1.23.